The molecule has 2 heterocycles. The lowest BCUT2D eigenvalue weighted by Crippen LogP contribution is -2.38. The van der Waals surface area contributed by atoms with Crippen LogP contribution in [0.15, 0.2) is 40.9 Å². The predicted octanol–water partition coefficient (Wildman–Crippen LogP) is 3.76. The fourth-order valence-electron chi connectivity index (χ4n) is 3.78. The van der Waals surface area contributed by atoms with E-state index in [1.165, 1.54) is 25.3 Å². The molecule has 0 spiro atoms. The van der Waals surface area contributed by atoms with Crippen LogP contribution in [-0.2, 0) is 4.79 Å². The van der Waals surface area contributed by atoms with Crippen molar-refractivity contribution in [2.75, 3.05) is 44.6 Å². The van der Waals surface area contributed by atoms with Gasteiger partial charge in [-0.15, -0.1) is 0 Å². The maximum Gasteiger partial charge on any atom is 0.324 e. The van der Waals surface area contributed by atoms with Crippen molar-refractivity contribution in [1.29, 1.82) is 0 Å². The Morgan fingerprint density at radius 3 is 2.42 bits per heavy atom. The number of halogens is 1. The molecule has 0 bridgehead atoms. The normalized spacial score (nSPS) is 14.1. The Labute approximate surface area is 190 Å². The van der Waals surface area contributed by atoms with Crippen LogP contribution in [0.25, 0.3) is 11.4 Å². The van der Waals surface area contributed by atoms with Crippen LogP contribution in [-0.4, -0.2) is 50.5 Å². The Hall–Kier alpha value is -3.82. The van der Waals surface area contributed by atoms with Crippen LogP contribution in [0.2, 0.25) is 0 Å². The summed E-state index contributed by atoms with van der Waals surface area (Å²) in [6.07, 6.45) is 1.19. The van der Waals surface area contributed by atoms with Gasteiger partial charge in [0.15, 0.2) is 11.5 Å². The van der Waals surface area contributed by atoms with Crippen LogP contribution in [0.3, 0.4) is 0 Å². The standard InChI is InChI=1S/C23H25FN4O5/c1-30-18-7-5-16(24)13-17(18)25-22(29)14-8-10-28(11-9-14)23-26-21(27-33-23)15-4-6-19(31-2)20(12-15)32-3/h4-7,12-14H,8-11H2,1-3H3,(H,25,29). The number of rotatable bonds is 7. The molecule has 0 aliphatic carbocycles. The summed E-state index contributed by atoms with van der Waals surface area (Å²) in [5, 5.41) is 6.85. The van der Waals surface area contributed by atoms with Crippen molar-refractivity contribution in [2.45, 2.75) is 12.8 Å². The lowest BCUT2D eigenvalue weighted by molar-refractivity contribution is -0.120. The van der Waals surface area contributed by atoms with Crippen LogP contribution in [0.5, 0.6) is 17.2 Å². The van der Waals surface area contributed by atoms with E-state index in [1.54, 1.807) is 26.4 Å². The average molecular weight is 456 g/mol. The Morgan fingerprint density at radius 1 is 1.03 bits per heavy atom. The van der Waals surface area contributed by atoms with Crippen LogP contribution in [0.4, 0.5) is 16.1 Å². The smallest absolute Gasteiger partial charge is 0.324 e. The van der Waals surface area contributed by atoms with Crippen molar-refractivity contribution >= 4 is 17.6 Å². The van der Waals surface area contributed by atoms with Gasteiger partial charge in [0, 0.05) is 30.6 Å². The molecule has 33 heavy (non-hydrogen) atoms. The van der Waals surface area contributed by atoms with Crippen LogP contribution < -0.4 is 24.4 Å². The number of ether oxygens (including phenoxy) is 3. The van der Waals surface area contributed by atoms with E-state index in [-0.39, 0.29) is 11.8 Å². The molecule has 3 aromatic rings. The molecule has 1 aromatic heterocycles. The first-order valence-electron chi connectivity index (χ1n) is 10.5. The molecule has 0 saturated carbocycles. The number of benzene rings is 2. The number of nitrogens with one attached hydrogen (secondary N) is 1. The van der Waals surface area contributed by atoms with Crippen LogP contribution in [0, 0.1) is 11.7 Å². The highest BCUT2D eigenvalue weighted by molar-refractivity contribution is 5.94. The average Bonchev–Trinajstić information content (AvgIpc) is 3.34. The molecule has 174 valence electrons. The molecule has 1 fully saturated rings. The van der Waals surface area contributed by atoms with E-state index in [0.717, 1.165) is 5.56 Å². The van der Waals surface area contributed by atoms with Crippen molar-refractivity contribution in [1.82, 2.24) is 10.1 Å². The third kappa shape index (κ3) is 4.84. The molecule has 0 atom stereocenters. The van der Waals surface area contributed by atoms with Crippen molar-refractivity contribution in [3.05, 3.63) is 42.2 Å². The van der Waals surface area contributed by atoms with Gasteiger partial charge in [0.05, 0.1) is 27.0 Å². The summed E-state index contributed by atoms with van der Waals surface area (Å²) in [5.41, 5.74) is 1.06. The number of carbonyl (C=O) groups excluding carboxylic acids is 1. The molecule has 1 saturated heterocycles. The Kier molecular flexibility index (Phi) is 6.62. The summed E-state index contributed by atoms with van der Waals surface area (Å²) < 4.78 is 34.8. The molecule has 1 N–H and O–H groups in total. The van der Waals surface area contributed by atoms with Gasteiger partial charge in [-0.3, -0.25) is 4.79 Å². The summed E-state index contributed by atoms with van der Waals surface area (Å²) in [6.45, 7) is 1.15. The first kappa shape index (κ1) is 22.4. The van der Waals surface area contributed by atoms with Crippen LogP contribution >= 0.6 is 0 Å². The van der Waals surface area contributed by atoms with Gasteiger partial charge in [-0.1, -0.05) is 5.16 Å². The molecule has 1 amide bonds. The zero-order valence-electron chi connectivity index (χ0n) is 18.6. The van der Waals surface area contributed by atoms with Gasteiger partial charge in [-0.25, -0.2) is 4.39 Å². The van der Waals surface area contributed by atoms with E-state index in [0.29, 0.717) is 60.7 Å². The molecule has 4 rings (SSSR count). The maximum absolute atomic E-state index is 13.6. The van der Waals surface area contributed by atoms with Crippen molar-refractivity contribution in [3.8, 4) is 28.6 Å². The topological polar surface area (TPSA) is 99.0 Å². The quantitative estimate of drug-likeness (QED) is 0.574. The van der Waals surface area contributed by atoms with Gasteiger partial charge in [-0.05, 0) is 43.2 Å². The molecule has 9 nitrogen and oxygen atoms in total. The molecular formula is C23H25FN4O5. The lowest BCUT2D eigenvalue weighted by atomic mass is 9.96. The summed E-state index contributed by atoms with van der Waals surface area (Å²) in [6, 6.07) is 9.80. The van der Waals surface area contributed by atoms with Gasteiger partial charge >= 0.3 is 6.01 Å². The van der Waals surface area contributed by atoms with Gasteiger partial charge in [0.1, 0.15) is 11.6 Å². The molecule has 1 aliphatic rings. The number of anilines is 2. The second kappa shape index (κ2) is 9.76. The molecular weight excluding hydrogens is 431 g/mol. The summed E-state index contributed by atoms with van der Waals surface area (Å²) in [4.78, 5) is 19.2. The van der Waals surface area contributed by atoms with Gasteiger partial charge in [-0.2, -0.15) is 4.98 Å². The molecule has 0 radical (unpaired) electrons. The fourth-order valence-corrected chi connectivity index (χ4v) is 3.78. The minimum atomic E-state index is -0.442. The minimum absolute atomic E-state index is 0.171. The highest BCUT2D eigenvalue weighted by atomic mass is 19.1. The molecule has 1 aliphatic heterocycles. The summed E-state index contributed by atoms with van der Waals surface area (Å²) >= 11 is 0. The minimum Gasteiger partial charge on any atom is -0.495 e. The molecule has 10 heteroatoms. The fraction of sp³-hybridized carbons (Fsp3) is 0.348. The third-order valence-corrected chi connectivity index (χ3v) is 5.61. The van der Waals surface area contributed by atoms with E-state index in [9.17, 15) is 9.18 Å². The number of nitrogens with zero attached hydrogens (tertiary/aromatic N) is 3. The number of hydrogen-bond donors (Lipinski definition) is 1. The lowest BCUT2D eigenvalue weighted by Gasteiger charge is -2.29. The monoisotopic (exact) mass is 456 g/mol. The first-order valence-corrected chi connectivity index (χ1v) is 10.5. The summed E-state index contributed by atoms with van der Waals surface area (Å²) in [5.74, 6) is 1.20. The zero-order valence-corrected chi connectivity index (χ0v) is 18.6. The number of methoxy groups -OCH3 is 3. The predicted molar refractivity (Wildman–Crippen MR) is 119 cm³/mol. The number of carbonyl (C=O) groups is 1. The van der Waals surface area contributed by atoms with Crippen molar-refractivity contribution in [3.63, 3.8) is 0 Å². The number of amides is 1. The number of aromatic nitrogens is 2. The van der Waals surface area contributed by atoms with E-state index < -0.39 is 5.82 Å². The SMILES string of the molecule is COc1ccc(F)cc1NC(=O)C1CCN(c2nc(-c3ccc(OC)c(OC)c3)no2)CC1. The number of hydrogen-bond acceptors (Lipinski definition) is 8. The second-order valence-electron chi connectivity index (χ2n) is 7.57. The van der Waals surface area contributed by atoms with E-state index >= 15 is 0 Å². The van der Waals surface area contributed by atoms with Gasteiger partial charge < -0.3 is 29.0 Å². The van der Waals surface area contributed by atoms with E-state index in [4.69, 9.17) is 18.7 Å². The van der Waals surface area contributed by atoms with Gasteiger partial charge in [0.25, 0.3) is 0 Å². The Morgan fingerprint density at radius 2 is 1.73 bits per heavy atom. The van der Waals surface area contributed by atoms with Crippen LogP contribution in [0.1, 0.15) is 12.8 Å². The highest BCUT2D eigenvalue weighted by Gasteiger charge is 2.28. The van der Waals surface area contributed by atoms with E-state index in [1.807, 2.05) is 11.0 Å². The molecule has 2 aromatic carbocycles. The first-order chi connectivity index (χ1) is 16.0. The van der Waals surface area contributed by atoms with Crippen molar-refractivity contribution in [2.24, 2.45) is 5.92 Å². The highest BCUT2D eigenvalue weighted by Crippen LogP contribution is 2.32. The zero-order chi connectivity index (χ0) is 23.4. The summed E-state index contributed by atoms with van der Waals surface area (Å²) in [7, 11) is 4.61. The Bertz CT molecular complexity index is 1130. The second-order valence-corrected chi connectivity index (χ2v) is 7.57. The number of piperidine rings is 1. The largest absolute Gasteiger partial charge is 0.495 e. The van der Waals surface area contributed by atoms with Crippen molar-refractivity contribution < 1.29 is 27.9 Å². The Balaban J connectivity index is 1.38. The van der Waals surface area contributed by atoms with Gasteiger partial charge in [0.2, 0.25) is 11.7 Å². The maximum atomic E-state index is 13.6. The third-order valence-electron chi connectivity index (χ3n) is 5.61. The van der Waals surface area contributed by atoms with E-state index in [2.05, 4.69) is 15.5 Å². The molecule has 0 unspecified atom stereocenters.